The first-order valence-corrected chi connectivity index (χ1v) is 15.2. The highest BCUT2D eigenvalue weighted by Crippen LogP contribution is 2.39. The van der Waals surface area contributed by atoms with E-state index in [9.17, 15) is 9.59 Å². The Morgan fingerprint density at radius 2 is 1.60 bits per heavy atom. The van der Waals surface area contributed by atoms with Gasteiger partial charge in [0, 0.05) is 94.7 Å². The van der Waals surface area contributed by atoms with Crippen molar-refractivity contribution in [2.75, 3.05) is 60.0 Å². The molecule has 10 heteroatoms. The van der Waals surface area contributed by atoms with E-state index in [2.05, 4.69) is 20.9 Å². The first-order valence-electron chi connectivity index (χ1n) is 15.2. The van der Waals surface area contributed by atoms with E-state index in [-0.39, 0.29) is 11.7 Å². The summed E-state index contributed by atoms with van der Waals surface area (Å²) in [5, 5.41) is 1.40. The van der Waals surface area contributed by atoms with Gasteiger partial charge in [-0.15, -0.1) is 0 Å². The molecule has 0 aliphatic carbocycles. The Bertz CT molecular complexity index is 1500. The molecule has 0 saturated carbocycles. The van der Waals surface area contributed by atoms with E-state index < -0.39 is 5.60 Å². The van der Waals surface area contributed by atoms with E-state index in [0.29, 0.717) is 11.3 Å². The second-order valence-corrected chi connectivity index (χ2v) is 12.7. The average Bonchev–Trinajstić information content (AvgIpc) is 2.99. The molecule has 3 aromatic rings. The first kappa shape index (κ1) is 30.8. The smallest absolute Gasteiger partial charge is 0.410 e. The number of pyridine rings is 2. The number of likely N-dealkylation sites (tertiary alicyclic amines) is 1. The van der Waals surface area contributed by atoms with Gasteiger partial charge in [-0.25, -0.2) is 4.79 Å². The summed E-state index contributed by atoms with van der Waals surface area (Å²) in [4.78, 5) is 36.2. The molecule has 2 aromatic heterocycles. The summed E-state index contributed by atoms with van der Waals surface area (Å²) in [6, 6.07) is 5.96. The quantitative estimate of drug-likeness (QED) is 0.400. The van der Waals surface area contributed by atoms with Crippen LogP contribution in [-0.4, -0.2) is 96.0 Å². The van der Waals surface area contributed by atoms with Crippen molar-refractivity contribution in [2.45, 2.75) is 45.8 Å². The number of hydrogen-bond donors (Lipinski definition) is 0. The summed E-state index contributed by atoms with van der Waals surface area (Å²) >= 11 is 0. The maximum absolute atomic E-state index is 12.7. The number of aromatic nitrogens is 2. The summed E-state index contributed by atoms with van der Waals surface area (Å²) in [5.41, 5.74) is 2.30. The van der Waals surface area contributed by atoms with Crippen molar-refractivity contribution in [1.82, 2.24) is 24.3 Å². The van der Waals surface area contributed by atoms with E-state index in [1.54, 1.807) is 38.2 Å². The van der Waals surface area contributed by atoms with E-state index in [1.807, 2.05) is 44.0 Å². The van der Waals surface area contributed by atoms with Crippen molar-refractivity contribution in [1.29, 1.82) is 0 Å². The molecule has 10 nitrogen and oxygen atoms in total. The van der Waals surface area contributed by atoms with Gasteiger partial charge in [-0.2, -0.15) is 0 Å². The maximum Gasteiger partial charge on any atom is 0.410 e. The lowest BCUT2D eigenvalue weighted by Crippen LogP contribution is -2.49. The fourth-order valence-corrected chi connectivity index (χ4v) is 6.18. The van der Waals surface area contributed by atoms with Crippen molar-refractivity contribution in [3.8, 4) is 22.6 Å². The number of methoxy groups -OCH3 is 2. The minimum Gasteiger partial charge on any atom is -0.496 e. The molecule has 1 aromatic carbocycles. The Kier molecular flexibility index (Phi) is 9.27. The normalized spacial score (nSPS) is 17.3. The molecule has 0 spiro atoms. The lowest BCUT2D eigenvalue weighted by molar-refractivity contribution is 0.0159. The van der Waals surface area contributed by atoms with Crippen LogP contribution in [0, 0.1) is 5.92 Å². The molecule has 2 saturated heterocycles. The average molecular weight is 592 g/mol. The third kappa shape index (κ3) is 7.13. The number of carbonyl (C=O) groups is 1. The van der Waals surface area contributed by atoms with Gasteiger partial charge in [0.2, 0.25) is 0 Å². The number of aryl methyl sites for hydroxylation is 1. The molecule has 232 valence electrons. The van der Waals surface area contributed by atoms with E-state index in [1.165, 1.54) is 0 Å². The zero-order valence-electron chi connectivity index (χ0n) is 26.4. The molecule has 2 aliphatic heterocycles. The highest BCUT2D eigenvalue weighted by molar-refractivity contribution is 5.97. The van der Waals surface area contributed by atoms with Gasteiger partial charge in [0.15, 0.2) is 0 Å². The Labute approximate surface area is 254 Å². The van der Waals surface area contributed by atoms with E-state index >= 15 is 0 Å². The number of benzene rings is 1. The van der Waals surface area contributed by atoms with Gasteiger partial charge in [0.25, 0.3) is 5.56 Å². The summed E-state index contributed by atoms with van der Waals surface area (Å²) < 4.78 is 18.9. The van der Waals surface area contributed by atoms with Gasteiger partial charge in [0.1, 0.15) is 17.1 Å². The lowest BCUT2D eigenvalue weighted by atomic mass is 9.96. The van der Waals surface area contributed by atoms with Crippen LogP contribution >= 0.6 is 0 Å². The van der Waals surface area contributed by atoms with Crippen LogP contribution in [0.5, 0.6) is 11.5 Å². The predicted octanol–water partition coefficient (Wildman–Crippen LogP) is 4.38. The molecule has 0 N–H and O–H groups in total. The molecular formula is C33H45N5O5. The monoisotopic (exact) mass is 591 g/mol. The van der Waals surface area contributed by atoms with E-state index in [4.69, 9.17) is 14.2 Å². The molecule has 43 heavy (non-hydrogen) atoms. The Morgan fingerprint density at radius 1 is 0.930 bits per heavy atom. The van der Waals surface area contributed by atoms with Gasteiger partial charge >= 0.3 is 6.09 Å². The Hall–Kier alpha value is -3.63. The fourth-order valence-electron chi connectivity index (χ4n) is 6.18. The number of carbonyl (C=O) groups excluding carboxylic acids is 1. The van der Waals surface area contributed by atoms with Crippen LogP contribution in [0.3, 0.4) is 0 Å². The molecule has 0 unspecified atom stereocenters. The minimum absolute atomic E-state index is 0.0835. The summed E-state index contributed by atoms with van der Waals surface area (Å²) in [6.07, 6.45) is 7.01. The second kappa shape index (κ2) is 12.9. The SMILES string of the molecule is COc1cc(-c2cn(C)c(=O)c3cnccc23)c(OC)cc1CN1CCN(CC2CCN(C(=O)OC(C)(C)C)CC2)CC1. The zero-order valence-corrected chi connectivity index (χ0v) is 26.4. The van der Waals surface area contributed by atoms with Crippen LogP contribution in [-0.2, 0) is 18.3 Å². The lowest BCUT2D eigenvalue weighted by Gasteiger charge is -2.39. The van der Waals surface area contributed by atoms with E-state index in [0.717, 1.165) is 98.8 Å². The molecular weight excluding hydrogens is 546 g/mol. The van der Waals surface area contributed by atoms with Crippen molar-refractivity contribution in [3.05, 3.63) is 52.7 Å². The van der Waals surface area contributed by atoms with Crippen molar-refractivity contribution in [2.24, 2.45) is 13.0 Å². The molecule has 0 radical (unpaired) electrons. The molecule has 0 bridgehead atoms. The number of ether oxygens (including phenoxy) is 3. The maximum atomic E-state index is 12.7. The number of nitrogens with zero attached hydrogens (tertiary/aromatic N) is 5. The van der Waals surface area contributed by atoms with Gasteiger partial charge in [-0.05, 0) is 63.1 Å². The van der Waals surface area contributed by atoms with Gasteiger partial charge in [0.05, 0.1) is 19.6 Å². The Morgan fingerprint density at radius 3 is 2.26 bits per heavy atom. The van der Waals surface area contributed by atoms with Gasteiger partial charge in [-0.3, -0.25) is 14.7 Å². The van der Waals surface area contributed by atoms with Gasteiger partial charge in [-0.1, -0.05) is 0 Å². The zero-order chi connectivity index (χ0) is 30.7. The molecule has 4 heterocycles. The van der Waals surface area contributed by atoms with Crippen LogP contribution in [0.2, 0.25) is 0 Å². The Balaban J connectivity index is 1.21. The largest absolute Gasteiger partial charge is 0.496 e. The third-order valence-electron chi connectivity index (χ3n) is 8.52. The van der Waals surface area contributed by atoms with Crippen LogP contribution in [0.25, 0.3) is 21.9 Å². The summed E-state index contributed by atoms with van der Waals surface area (Å²) in [6.45, 7) is 13.1. The summed E-state index contributed by atoms with van der Waals surface area (Å²) in [5.74, 6) is 2.14. The number of piperidine rings is 1. The van der Waals surface area contributed by atoms with Crippen LogP contribution in [0.15, 0.2) is 41.6 Å². The predicted molar refractivity (Wildman–Crippen MR) is 168 cm³/mol. The molecule has 2 fully saturated rings. The molecule has 2 aliphatic rings. The highest BCUT2D eigenvalue weighted by Gasteiger charge is 2.29. The minimum atomic E-state index is -0.458. The topological polar surface area (TPSA) is 89.4 Å². The van der Waals surface area contributed by atoms with Crippen LogP contribution < -0.4 is 15.0 Å². The standard InChI is InChI=1S/C33H45N5O5/c1-33(2,3)43-32(40)38-11-8-23(9-12-38)20-36-13-15-37(16-14-36)21-24-17-30(42-6)26(18-29(24)41-5)28-22-35(4)31(39)27-19-34-10-7-25(27)28/h7,10,17-19,22-23H,8-9,11-16,20-21H2,1-6H3. The molecule has 0 atom stereocenters. The number of hydrogen-bond acceptors (Lipinski definition) is 8. The van der Waals surface area contributed by atoms with Crippen LogP contribution in [0.1, 0.15) is 39.2 Å². The number of amides is 1. The first-order chi connectivity index (χ1) is 20.6. The number of fused-ring (bicyclic) bond motifs is 1. The molecule has 1 amide bonds. The van der Waals surface area contributed by atoms with Crippen molar-refractivity contribution >= 4 is 16.9 Å². The summed E-state index contributed by atoms with van der Waals surface area (Å²) in [7, 11) is 5.13. The number of piperazine rings is 1. The van der Waals surface area contributed by atoms with Crippen molar-refractivity contribution in [3.63, 3.8) is 0 Å². The van der Waals surface area contributed by atoms with Gasteiger partial charge < -0.3 is 28.6 Å². The fraction of sp³-hybridized carbons (Fsp3) is 0.545. The van der Waals surface area contributed by atoms with Crippen molar-refractivity contribution < 1.29 is 19.0 Å². The number of rotatable bonds is 7. The van der Waals surface area contributed by atoms with Crippen LogP contribution in [0.4, 0.5) is 4.79 Å². The molecule has 5 rings (SSSR count). The second-order valence-electron chi connectivity index (χ2n) is 12.7. The third-order valence-corrected chi connectivity index (χ3v) is 8.52. The highest BCUT2D eigenvalue weighted by atomic mass is 16.6.